The largest absolute Gasteiger partial charge is 0.469 e. The first-order chi connectivity index (χ1) is 14.3. The summed E-state index contributed by atoms with van der Waals surface area (Å²) in [5, 5.41) is 12.5. The summed E-state index contributed by atoms with van der Waals surface area (Å²) in [4.78, 5) is 37.1. The van der Waals surface area contributed by atoms with Crippen molar-refractivity contribution in [3.05, 3.63) is 0 Å². The molecule has 0 fully saturated rings. The molecule has 0 aromatic carbocycles. The van der Waals surface area contributed by atoms with Gasteiger partial charge in [0.05, 0.1) is 20.1 Å². The van der Waals surface area contributed by atoms with Crippen LogP contribution in [0.25, 0.3) is 0 Å². The highest BCUT2D eigenvalue weighted by atomic mass is 16.5. The summed E-state index contributed by atoms with van der Waals surface area (Å²) in [6.45, 7) is 4.45. The van der Waals surface area contributed by atoms with Gasteiger partial charge in [-0.15, -0.1) is 0 Å². The number of hydroxylamine groups is 1. The van der Waals surface area contributed by atoms with Crippen LogP contribution in [0.5, 0.6) is 0 Å². The first kappa shape index (κ1) is 28.2. The van der Waals surface area contributed by atoms with Crippen LogP contribution in [-0.4, -0.2) is 62.4 Å². The Labute approximate surface area is 179 Å². The summed E-state index contributed by atoms with van der Waals surface area (Å²) in [7, 11) is 2.56. The molecule has 176 valence electrons. The second kappa shape index (κ2) is 16.0. The molecule has 0 aromatic heterocycles. The molecular weight excluding hydrogens is 392 g/mol. The summed E-state index contributed by atoms with van der Waals surface area (Å²) in [6.07, 6.45) is 3.71. The van der Waals surface area contributed by atoms with Crippen molar-refractivity contribution in [3.63, 3.8) is 0 Å². The van der Waals surface area contributed by atoms with E-state index in [0.29, 0.717) is 38.8 Å². The van der Waals surface area contributed by atoms with Crippen LogP contribution in [0.1, 0.15) is 52.4 Å². The van der Waals surface area contributed by atoms with Crippen molar-refractivity contribution < 1.29 is 29.1 Å². The fourth-order valence-corrected chi connectivity index (χ4v) is 3.41. The minimum Gasteiger partial charge on any atom is -0.469 e. The van der Waals surface area contributed by atoms with Gasteiger partial charge < -0.3 is 31.5 Å². The van der Waals surface area contributed by atoms with E-state index in [1.165, 1.54) is 14.2 Å². The van der Waals surface area contributed by atoms with E-state index < -0.39 is 41.8 Å². The second-order valence-corrected chi connectivity index (χ2v) is 7.59. The van der Waals surface area contributed by atoms with Crippen molar-refractivity contribution in [2.75, 3.05) is 27.3 Å². The standard InChI is InChI=1S/C20H40N4O6/c1-13(17(24-28)15(19(26)29-3)9-5-7-11-21)14(2)18(25)23-16(20(27)30-4)10-6-8-12-22/h13-17,24,28H,5-12,21-22H2,1-4H3,(H,23,25). The van der Waals surface area contributed by atoms with E-state index in [2.05, 4.69) is 10.8 Å². The summed E-state index contributed by atoms with van der Waals surface area (Å²) in [5.74, 6) is -3.02. The summed E-state index contributed by atoms with van der Waals surface area (Å²) >= 11 is 0. The Hall–Kier alpha value is -1.75. The van der Waals surface area contributed by atoms with Crippen LogP contribution >= 0.6 is 0 Å². The number of carbonyl (C=O) groups excluding carboxylic acids is 3. The lowest BCUT2D eigenvalue weighted by Gasteiger charge is -2.32. The third-order valence-corrected chi connectivity index (χ3v) is 5.57. The van der Waals surface area contributed by atoms with Crippen LogP contribution in [0.3, 0.4) is 0 Å². The maximum absolute atomic E-state index is 12.8. The molecule has 0 aliphatic heterocycles. The molecule has 0 bridgehead atoms. The zero-order valence-electron chi connectivity index (χ0n) is 18.7. The molecule has 5 unspecified atom stereocenters. The van der Waals surface area contributed by atoms with Gasteiger partial charge in [-0.05, 0) is 51.1 Å². The van der Waals surface area contributed by atoms with Crippen LogP contribution in [0.15, 0.2) is 0 Å². The number of amides is 1. The number of carbonyl (C=O) groups is 3. The number of unbranched alkanes of at least 4 members (excludes halogenated alkanes) is 2. The van der Waals surface area contributed by atoms with Gasteiger partial charge in [0.15, 0.2) is 0 Å². The molecule has 0 spiro atoms. The van der Waals surface area contributed by atoms with Gasteiger partial charge in [0.2, 0.25) is 5.91 Å². The van der Waals surface area contributed by atoms with Crippen molar-refractivity contribution in [3.8, 4) is 0 Å². The Morgan fingerprint density at radius 1 is 0.900 bits per heavy atom. The molecule has 0 radical (unpaired) electrons. The predicted molar refractivity (Wildman–Crippen MR) is 112 cm³/mol. The lowest BCUT2D eigenvalue weighted by molar-refractivity contribution is -0.150. The molecule has 10 nitrogen and oxygen atoms in total. The smallest absolute Gasteiger partial charge is 0.328 e. The number of methoxy groups -OCH3 is 2. The third kappa shape index (κ3) is 9.38. The van der Waals surface area contributed by atoms with Gasteiger partial charge in [0, 0.05) is 12.0 Å². The summed E-state index contributed by atoms with van der Waals surface area (Å²) in [6, 6.07) is -1.48. The topological polar surface area (TPSA) is 166 Å². The zero-order chi connectivity index (χ0) is 23.1. The lowest BCUT2D eigenvalue weighted by Crippen LogP contribution is -2.50. The minimum atomic E-state index is -0.773. The molecule has 10 heteroatoms. The van der Waals surface area contributed by atoms with Gasteiger partial charge in [-0.3, -0.25) is 9.59 Å². The Kier molecular flexibility index (Phi) is 15.1. The highest BCUT2D eigenvalue weighted by molar-refractivity contribution is 5.85. The lowest BCUT2D eigenvalue weighted by atomic mass is 9.79. The van der Waals surface area contributed by atoms with Crippen molar-refractivity contribution in [1.82, 2.24) is 10.8 Å². The monoisotopic (exact) mass is 432 g/mol. The SMILES string of the molecule is COC(=O)C(CCCCN)NC(=O)C(C)C(C)C(NO)C(CCCCN)C(=O)OC. The maximum atomic E-state index is 12.8. The Bertz CT molecular complexity index is 520. The fourth-order valence-electron chi connectivity index (χ4n) is 3.41. The fraction of sp³-hybridized carbons (Fsp3) is 0.850. The van der Waals surface area contributed by atoms with Gasteiger partial charge in [-0.2, -0.15) is 0 Å². The average Bonchev–Trinajstić information content (AvgIpc) is 2.75. The molecule has 0 saturated heterocycles. The van der Waals surface area contributed by atoms with Crippen molar-refractivity contribution in [1.29, 1.82) is 0 Å². The Morgan fingerprint density at radius 2 is 1.43 bits per heavy atom. The van der Waals surface area contributed by atoms with Gasteiger partial charge in [0.1, 0.15) is 6.04 Å². The number of hydrogen-bond acceptors (Lipinski definition) is 9. The number of nitrogens with one attached hydrogen (secondary N) is 2. The van der Waals surface area contributed by atoms with E-state index in [-0.39, 0.29) is 5.91 Å². The normalized spacial score (nSPS) is 16.1. The number of hydrogen-bond donors (Lipinski definition) is 5. The summed E-state index contributed by atoms with van der Waals surface area (Å²) in [5.41, 5.74) is 13.2. The Balaban J connectivity index is 5.25. The molecule has 5 atom stereocenters. The van der Waals surface area contributed by atoms with E-state index in [4.69, 9.17) is 20.9 Å². The van der Waals surface area contributed by atoms with Crippen LogP contribution < -0.4 is 22.3 Å². The zero-order valence-corrected chi connectivity index (χ0v) is 18.7. The predicted octanol–water partition coefficient (Wildman–Crippen LogP) is 0.311. The average molecular weight is 433 g/mol. The van der Waals surface area contributed by atoms with Crippen molar-refractivity contribution in [2.24, 2.45) is 29.2 Å². The quantitative estimate of drug-likeness (QED) is 0.131. The first-order valence-electron chi connectivity index (χ1n) is 10.5. The van der Waals surface area contributed by atoms with E-state index in [9.17, 15) is 19.6 Å². The molecule has 0 aromatic rings. The van der Waals surface area contributed by atoms with E-state index in [0.717, 1.165) is 12.8 Å². The summed E-state index contributed by atoms with van der Waals surface area (Å²) < 4.78 is 9.67. The van der Waals surface area contributed by atoms with Gasteiger partial charge >= 0.3 is 11.9 Å². The van der Waals surface area contributed by atoms with Gasteiger partial charge in [-0.25, -0.2) is 10.3 Å². The van der Waals surface area contributed by atoms with Gasteiger partial charge in [0.25, 0.3) is 0 Å². The van der Waals surface area contributed by atoms with E-state index in [1.807, 2.05) is 0 Å². The van der Waals surface area contributed by atoms with Crippen LogP contribution in [-0.2, 0) is 23.9 Å². The molecule has 0 aliphatic rings. The second-order valence-electron chi connectivity index (χ2n) is 7.59. The number of nitrogens with two attached hydrogens (primary N) is 2. The van der Waals surface area contributed by atoms with Gasteiger partial charge in [-0.1, -0.05) is 20.3 Å². The number of ether oxygens (including phenoxy) is 2. The number of rotatable bonds is 16. The number of esters is 2. The molecular formula is C20H40N4O6. The van der Waals surface area contributed by atoms with E-state index in [1.54, 1.807) is 13.8 Å². The third-order valence-electron chi connectivity index (χ3n) is 5.57. The highest BCUT2D eigenvalue weighted by Crippen LogP contribution is 2.26. The molecule has 0 saturated carbocycles. The van der Waals surface area contributed by atoms with Crippen LogP contribution in [0.2, 0.25) is 0 Å². The molecule has 0 rings (SSSR count). The minimum absolute atomic E-state index is 0.364. The van der Waals surface area contributed by atoms with Crippen LogP contribution in [0.4, 0.5) is 0 Å². The van der Waals surface area contributed by atoms with Crippen molar-refractivity contribution in [2.45, 2.75) is 64.5 Å². The highest BCUT2D eigenvalue weighted by Gasteiger charge is 2.37. The van der Waals surface area contributed by atoms with E-state index >= 15 is 0 Å². The molecule has 0 aliphatic carbocycles. The van der Waals surface area contributed by atoms with Crippen molar-refractivity contribution >= 4 is 17.8 Å². The molecule has 1 amide bonds. The molecule has 30 heavy (non-hydrogen) atoms. The van der Waals surface area contributed by atoms with Crippen LogP contribution in [0, 0.1) is 17.8 Å². The Morgan fingerprint density at radius 3 is 1.90 bits per heavy atom. The maximum Gasteiger partial charge on any atom is 0.328 e. The molecule has 0 heterocycles. The first-order valence-corrected chi connectivity index (χ1v) is 10.5. The molecule has 7 N–H and O–H groups in total.